The van der Waals surface area contributed by atoms with Crippen LogP contribution in [0.3, 0.4) is 0 Å². The molecule has 0 saturated carbocycles. The lowest BCUT2D eigenvalue weighted by Gasteiger charge is -2.06. The summed E-state index contributed by atoms with van der Waals surface area (Å²) in [6.07, 6.45) is 1.73. The summed E-state index contributed by atoms with van der Waals surface area (Å²) in [5, 5.41) is 15.1. The smallest absolute Gasteiger partial charge is 0.337 e. The Morgan fingerprint density at radius 3 is 3.00 bits per heavy atom. The minimum atomic E-state index is -1.03. The molecule has 1 aromatic carbocycles. The van der Waals surface area contributed by atoms with Gasteiger partial charge in [0.2, 0.25) is 0 Å². The number of carboxylic acids is 1. The van der Waals surface area contributed by atoms with Gasteiger partial charge in [0.1, 0.15) is 5.01 Å². The van der Waals surface area contributed by atoms with Gasteiger partial charge in [0.25, 0.3) is 0 Å². The zero-order valence-corrected chi connectivity index (χ0v) is 10.3. The van der Waals surface area contributed by atoms with Gasteiger partial charge in [-0.15, -0.1) is 11.3 Å². The van der Waals surface area contributed by atoms with E-state index < -0.39 is 5.97 Å². The Balaban J connectivity index is 2.11. The summed E-state index contributed by atoms with van der Waals surface area (Å²) < 4.78 is 0. The minimum Gasteiger partial charge on any atom is -0.478 e. The molecule has 17 heavy (non-hydrogen) atoms. The van der Waals surface area contributed by atoms with Gasteiger partial charge in [-0.3, -0.25) is 0 Å². The Bertz CT molecular complexity index is 528. The van der Waals surface area contributed by atoms with Gasteiger partial charge in [0, 0.05) is 17.3 Å². The van der Waals surface area contributed by atoms with Crippen LogP contribution >= 0.6 is 22.9 Å². The van der Waals surface area contributed by atoms with Crippen LogP contribution in [0.4, 0.5) is 5.69 Å². The number of hydrogen-bond donors (Lipinski definition) is 2. The summed E-state index contributed by atoms with van der Waals surface area (Å²) in [4.78, 5) is 15.0. The van der Waals surface area contributed by atoms with E-state index in [9.17, 15) is 4.79 Å². The molecule has 0 radical (unpaired) electrons. The van der Waals surface area contributed by atoms with E-state index in [0.717, 1.165) is 5.01 Å². The summed E-state index contributed by atoms with van der Waals surface area (Å²) in [5.74, 6) is -1.03. The highest BCUT2D eigenvalue weighted by Crippen LogP contribution is 2.21. The van der Waals surface area contributed by atoms with E-state index in [-0.39, 0.29) is 10.6 Å². The molecule has 2 N–H and O–H groups in total. The lowest BCUT2D eigenvalue weighted by molar-refractivity contribution is 0.0697. The molecule has 1 aromatic heterocycles. The fourth-order valence-electron chi connectivity index (χ4n) is 1.32. The molecule has 0 atom stereocenters. The molecule has 0 bridgehead atoms. The van der Waals surface area contributed by atoms with Crippen LogP contribution in [-0.4, -0.2) is 16.1 Å². The molecule has 88 valence electrons. The predicted molar refractivity (Wildman–Crippen MR) is 67.9 cm³/mol. The van der Waals surface area contributed by atoms with Gasteiger partial charge in [-0.1, -0.05) is 11.6 Å². The number of halogens is 1. The van der Waals surface area contributed by atoms with Crippen LogP contribution in [0.25, 0.3) is 0 Å². The summed E-state index contributed by atoms with van der Waals surface area (Å²) in [6, 6.07) is 4.82. The molecule has 4 nitrogen and oxygen atoms in total. The maximum absolute atomic E-state index is 10.9. The van der Waals surface area contributed by atoms with E-state index in [2.05, 4.69) is 10.3 Å². The normalized spacial score (nSPS) is 10.2. The Morgan fingerprint density at radius 1 is 1.53 bits per heavy atom. The summed E-state index contributed by atoms with van der Waals surface area (Å²) >= 11 is 7.31. The summed E-state index contributed by atoms with van der Waals surface area (Å²) in [7, 11) is 0. The van der Waals surface area contributed by atoms with Crippen LogP contribution in [0.5, 0.6) is 0 Å². The number of carboxylic acid groups (broad SMARTS) is 1. The Hall–Kier alpha value is -1.59. The number of carbonyl (C=O) groups is 1. The average molecular weight is 269 g/mol. The van der Waals surface area contributed by atoms with E-state index in [0.29, 0.717) is 12.2 Å². The zero-order chi connectivity index (χ0) is 12.3. The van der Waals surface area contributed by atoms with Crippen molar-refractivity contribution >= 4 is 34.6 Å². The molecule has 1 heterocycles. The van der Waals surface area contributed by atoms with Gasteiger partial charge in [-0.05, 0) is 18.2 Å². The van der Waals surface area contributed by atoms with Crippen LogP contribution in [-0.2, 0) is 6.54 Å². The molecule has 0 aliphatic heterocycles. The van der Waals surface area contributed by atoms with Crippen molar-refractivity contribution in [2.24, 2.45) is 0 Å². The van der Waals surface area contributed by atoms with Crippen molar-refractivity contribution < 1.29 is 9.90 Å². The van der Waals surface area contributed by atoms with Crippen LogP contribution in [0.1, 0.15) is 15.4 Å². The fraction of sp³-hybridized carbons (Fsp3) is 0.0909. The molecule has 2 aromatic rings. The number of benzene rings is 1. The first-order valence-corrected chi connectivity index (χ1v) is 6.07. The molecule has 0 aliphatic rings. The van der Waals surface area contributed by atoms with E-state index >= 15 is 0 Å². The van der Waals surface area contributed by atoms with Crippen LogP contribution in [0.2, 0.25) is 5.02 Å². The highest BCUT2D eigenvalue weighted by molar-refractivity contribution is 7.09. The van der Waals surface area contributed by atoms with E-state index in [4.69, 9.17) is 16.7 Å². The van der Waals surface area contributed by atoms with E-state index in [1.54, 1.807) is 18.3 Å². The molecule has 0 unspecified atom stereocenters. The number of thiazole rings is 1. The quantitative estimate of drug-likeness (QED) is 0.894. The third kappa shape index (κ3) is 2.95. The highest BCUT2D eigenvalue weighted by atomic mass is 35.5. The van der Waals surface area contributed by atoms with Gasteiger partial charge in [-0.25, -0.2) is 9.78 Å². The summed E-state index contributed by atoms with van der Waals surface area (Å²) in [5.41, 5.74) is 0.804. The topological polar surface area (TPSA) is 62.2 Å². The number of aromatic carboxylic acids is 1. The zero-order valence-electron chi connectivity index (χ0n) is 8.68. The second kappa shape index (κ2) is 5.16. The molecular formula is C11H9ClN2O2S. The van der Waals surface area contributed by atoms with Crippen molar-refractivity contribution in [2.45, 2.75) is 6.54 Å². The SMILES string of the molecule is O=C(O)c1cc(NCc2nccs2)ccc1Cl. The molecular weight excluding hydrogens is 260 g/mol. The number of nitrogens with zero attached hydrogens (tertiary/aromatic N) is 1. The van der Waals surface area contributed by atoms with Gasteiger partial charge >= 0.3 is 5.97 Å². The number of aromatic nitrogens is 1. The standard InChI is InChI=1S/C11H9ClN2O2S/c12-9-2-1-7(5-8(9)11(15)16)14-6-10-13-3-4-17-10/h1-5,14H,6H2,(H,15,16). The Kier molecular flexibility index (Phi) is 3.61. The van der Waals surface area contributed by atoms with Crippen molar-refractivity contribution in [3.8, 4) is 0 Å². The van der Waals surface area contributed by atoms with Gasteiger partial charge in [0.15, 0.2) is 0 Å². The lowest BCUT2D eigenvalue weighted by atomic mass is 10.2. The third-order valence-electron chi connectivity index (χ3n) is 2.12. The molecule has 0 saturated heterocycles. The second-order valence-corrected chi connectivity index (χ2v) is 4.67. The van der Waals surface area contributed by atoms with E-state index in [1.807, 2.05) is 5.38 Å². The first-order valence-electron chi connectivity index (χ1n) is 4.82. The molecule has 0 aliphatic carbocycles. The van der Waals surface area contributed by atoms with Gasteiger partial charge in [0.05, 0.1) is 17.1 Å². The maximum Gasteiger partial charge on any atom is 0.337 e. The maximum atomic E-state index is 10.9. The molecule has 2 rings (SSSR count). The van der Waals surface area contributed by atoms with Crippen molar-refractivity contribution in [2.75, 3.05) is 5.32 Å². The molecule has 0 spiro atoms. The van der Waals surface area contributed by atoms with Crippen molar-refractivity contribution in [1.82, 2.24) is 4.98 Å². The average Bonchev–Trinajstić information content (AvgIpc) is 2.80. The van der Waals surface area contributed by atoms with Crippen molar-refractivity contribution in [3.63, 3.8) is 0 Å². The predicted octanol–water partition coefficient (Wildman–Crippen LogP) is 3.11. The van der Waals surface area contributed by atoms with Crippen LogP contribution < -0.4 is 5.32 Å². The van der Waals surface area contributed by atoms with Crippen LogP contribution in [0.15, 0.2) is 29.8 Å². The van der Waals surface area contributed by atoms with Gasteiger partial charge in [-0.2, -0.15) is 0 Å². The number of nitrogens with one attached hydrogen (secondary N) is 1. The largest absolute Gasteiger partial charge is 0.478 e. The Morgan fingerprint density at radius 2 is 2.35 bits per heavy atom. The van der Waals surface area contributed by atoms with Crippen molar-refractivity contribution in [1.29, 1.82) is 0 Å². The first kappa shape index (κ1) is 11.9. The number of anilines is 1. The molecule has 6 heteroatoms. The molecule has 0 amide bonds. The highest BCUT2D eigenvalue weighted by Gasteiger charge is 2.09. The van der Waals surface area contributed by atoms with Crippen molar-refractivity contribution in [3.05, 3.63) is 45.4 Å². The molecule has 0 fully saturated rings. The number of hydrogen-bond acceptors (Lipinski definition) is 4. The van der Waals surface area contributed by atoms with E-state index in [1.165, 1.54) is 17.4 Å². The Labute approximate surface area is 107 Å². The second-order valence-electron chi connectivity index (χ2n) is 3.28. The summed E-state index contributed by atoms with van der Waals surface area (Å²) in [6.45, 7) is 0.568. The van der Waals surface area contributed by atoms with Crippen LogP contribution in [0, 0.1) is 0 Å². The number of rotatable bonds is 4. The first-order chi connectivity index (χ1) is 8.16. The fourth-order valence-corrected chi connectivity index (χ4v) is 2.07. The van der Waals surface area contributed by atoms with Gasteiger partial charge < -0.3 is 10.4 Å². The minimum absolute atomic E-state index is 0.0933. The third-order valence-corrected chi connectivity index (χ3v) is 3.23. The lowest BCUT2D eigenvalue weighted by Crippen LogP contribution is -2.02. The monoisotopic (exact) mass is 268 g/mol.